The molecular formula is C18H26N2O2. The molecule has 0 radical (unpaired) electrons. The first-order valence-corrected chi connectivity index (χ1v) is 8.28. The molecule has 1 saturated heterocycles. The van der Waals surface area contributed by atoms with Gasteiger partial charge in [-0.05, 0) is 76.2 Å². The van der Waals surface area contributed by atoms with Crippen LogP contribution in [0.3, 0.4) is 0 Å². The number of rotatable bonds is 1. The van der Waals surface area contributed by atoms with E-state index in [-0.39, 0.29) is 6.09 Å². The van der Waals surface area contributed by atoms with Gasteiger partial charge in [0.1, 0.15) is 5.60 Å². The van der Waals surface area contributed by atoms with E-state index in [0.717, 1.165) is 31.7 Å². The van der Waals surface area contributed by atoms with Crippen LogP contribution >= 0.6 is 0 Å². The molecule has 1 fully saturated rings. The third-order valence-electron chi connectivity index (χ3n) is 4.42. The number of fused-ring (bicyclic) bond motifs is 1. The number of carbonyl (C=O) groups excluding carboxylic acids is 1. The van der Waals surface area contributed by atoms with E-state index >= 15 is 0 Å². The Bertz CT molecular complexity index is 557. The van der Waals surface area contributed by atoms with E-state index in [1.165, 1.54) is 24.0 Å². The molecule has 2 aliphatic rings. The van der Waals surface area contributed by atoms with Crippen LogP contribution in [0.4, 0.5) is 10.5 Å². The first-order chi connectivity index (χ1) is 10.4. The highest BCUT2D eigenvalue weighted by Gasteiger charge is 2.29. The summed E-state index contributed by atoms with van der Waals surface area (Å²) in [5, 5.41) is 3.41. The highest BCUT2D eigenvalue weighted by atomic mass is 16.6. The molecule has 0 saturated carbocycles. The number of hydrogen-bond acceptors (Lipinski definition) is 3. The van der Waals surface area contributed by atoms with Gasteiger partial charge in [0.05, 0.1) is 5.69 Å². The van der Waals surface area contributed by atoms with Gasteiger partial charge in [-0.3, -0.25) is 4.90 Å². The van der Waals surface area contributed by atoms with Crippen molar-refractivity contribution >= 4 is 11.8 Å². The molecule has 1 aromatic rings. The van der Waals surface area contributed by atoms with Gasteiger partial charge < -0.3 is 10.1 Å². The number of hydrogen-bond donors (Lipinski definition) is 1. The van der Waals surface area contributed by atoms with E-state index in [0.29, 0.717) is 5.92 Å². The lowest BCUT2D eigenvalue weighted by molar-refractivity contribution is 0.0584. The molecule has 4 nitrogen and oxygen atoms in total. The van der Waals surface area contributed by atoms with Crippen molar-refractivity contribution < 1.29 is 9.53 Å². The lowest BCUT2D eigenvalue weighted by atomic mass is 9.89. The van der Waals surface area contributed by atoms with Crippen LogP contribution in [-0.4, -0.2) is 31.3 Å². The summed E-state index contributed by atoms with van der Waals surface area (Å²) in [6.07, 6.45) is 3.09. The summed E-state index contributed by atoms with van der Waals surface area (Å²) in [6.45, 7) is 8.64. The van der Waals surface area contributed by atoms with Crippen molar-refractivity contribution in [1.29, 1.82) is 0 Å². The third-order valence-corrected chi connectivity index (χ3v) is 4.42. The smallest absolute Gasteiger partial charge is 0.414 e. The van der Waals surface area contributed by atoms with Crippen LogP contribution in [0.2, 0.25) is 0 Å². The summed E-state index contributed by atoms with van der Waals surface area (Å²) < 4.78 is 5.50. The van der Waals surface area contributed by atoms with Gasteiger partial charge in [-0.25, -0.2) is 4.79 Å². The number of nitrogens with zero attached hydrogens (tertiary/aromatic N) is 1. The number of nitrogens with one attached hydrogen (secondary N) is 1. The predicted molar refractivity (Wildman–Crippen MR) is 88.6 cm³/mol. The second kappa shape index (κ2) is 5.92. The van der Waals surface area contributed by atoms with Gasteiger partial charge in [-0.1, -0.05) is 12.1 Å². The molecule has 0 aromatic heterocycles. The minimum atomic E-state index is -0.450. The molecule has 120 valence electrons. The first-order valence-electron chi connectivity index (χ1n) is 8.28. The highest BCUT2D eigenvalue weighted by molar-refractivity contribution is 5.90. The van der Waals surface area contributed by atoms with E-state index in [2.05, 4.69) is 23.5 Å². The summed E-state index contributed by atoms with van der Waals surface area (Å²) in [5.41, 5.74) is 3.27. The molecule has 2 aliphatic heterocycles. The number of benzene rings is 1. The highest BCUT2D eigenvalue weighted by Crippen LogP contribution is 2.34. The Morgan fingerprint density at radius 3 is 2.68 bits per heavy atom. The van der Waals surface area contributed by atoms with Crippen LogP contribution in [0.25, 0.3) is 0 Å². The third kappa shape index (κ3) is 3.27. The van der Waals surface area contributed by atoms with Gasteiger partial charge in [0.25, 0.3) is 0 Å². The fourth-order valence-corrected chi connectivity index (χ4v) is 3.34. The van der Waals surface area contributed by atoms with Crippen LogP contribution in [0.15, 0.2) is 18.2 Å². The second-order valence-corrected chi connectivity index (χ2v) is 7.29. The average Bonchev–Trinajstić information content (AvgIpc) is 2.89. The van der Waals surface area contributed by atoms with Crippen molar-refractivity contribution in [2.75, 3.05) is 24.5 Å². The van der Waals surface area contributed by atoms with Gasteiger partial charge in [0, 0.05) is 6.54 Å². The average molecular weight is 302 g/mol. The van der Waals surface area contributed by atoms with Crippen molar-refractivity contribution in [3.05, 3.63) is 29.3 Å². The molecule has 1 amide bonds. The van der Waals surface area contributed by atoms with Crippen LogP contribution < -0.4 is 10.2 Å². The van der Waals surface area contributed by atoms with Crippen molar-refractivity contribution in [3.8, 4) is 0 Å². The Labute approximate surface area is 132 Å². The standard InChI is InChI=1S/C18H26N2O2/c1-18(2,3)22-17(21)20-11-8-15-12-14(4-5-16(15)20)13-6-9-19-10-7-13/h4-5,12-13,19H,6-11H2,1-3H3. The maximum absolute atomic E-state index is 12.3. The lowest BCUT2D eigenvalue weighted by Crippen LogP contribution is -2.35. The van der Waals surface area contributed by atoms with Crippen molar-refractivity contribution in [2.24, 2.45) is 0 Å². The van der Waals surface area contributed by atoms with Crippen molar-refractivity contribution in [1.82, 2.24) is 5.32 Å². The molecule has 22 heavy (non-hydrogen) atoms. The monoisotopic (exact) mass is 302 g/mol. The zero-order chi connectivity index (χ0) is 15.7. The molecule has 1 aromatic carbocycles. The Kier molecular flexibility index (Phi) is 4.13. The molecule has 4 heteroatoms. The van der Waals surface area contributed by atoms with Crippen LogP contribution in [-0.2, 0) is 11.2 Å². The van der Waals surface area contributed by atoms with Gasteiger partial charge in [0.2, 0.25) is 0 Å². The molecule has 0 spiro atoms. The van der Waals surface area contributed by atoms with Crippen LogP contribution in [0.5, 0.6) is 0 Å². The van der Waals surface area contributed by atoms with Crippen molar-refractivity contribution in [3.63, 3.8) is 0 Å². The molecule has 0 aliphatic carbocycles. The van der Waals surface area contributed by atoms with E-state index in [1.54, 1.807) is 4.90 Å². The number of anilines is 1. The molecule has 0 bridgehead atoms. The summed E-state index contributed by atoms with van der Waals surface area (Å²) >= 11 is 0. The normalized spacial score (nSPS) is 19.1. The van der Waals surface area contributed by atoms with Gasteiger partial charge in [-0.15, -0.1) is 0 Å². The van der Waals surface area contributed by atoms with E-state index in [9.17, 15) is 4.79 Å². The lowest BCUT2D eigenvalue weighted by Gasteiger charge is -2.26. The summed E-state index contributed by atoms with van der Waals surface area (Å²) in [5.74, 6) is 0.655. The second-order valence-electron chi connectivity index (χ2n) is 7.29. The van der Waals surface area contributed by atoms with Gasteiger partial charge in [0.15, 0.2) is 0 Å². The molecule has 3 rings (SSSR count). The zero-order valence-electron chi connectivity index (χ0n) is 13.8. The Balaban J connectivity index is 1.76. The minimum Gasteiger partial charge on any atom is -0.443 e. The topological polar surface area (TPSA) is 41.6 Å². The van der Waals surface area contributed by atoms with Crippen LogP contribution in [0.1, 0.15) is 50.7 Å². The number of carbonyl (C=O) groups is 1. The summed E-state index contributed by atoms with van der Waals surface area (Å²) in [7, 11) is 0. The number of ether oxygens (including phenoxy) is 1. The molecule has 1 N–H and O–H groups in total. The Hall–Kier alpha value is -1.55. The Morgan fingerprint density at radius 2 is 2.00 bits per heavy atom. The zero-order valence-corrected chi connectivity index (χ0v) is 13.8. The summed E-state index contributed by atoms with van der Waals surface area (Å²) in [6, 6.07) is 6.59. The number of piperidine rings is 1. The Morgan fingerprint density at radius 1 is 1.27 bits per heavy atom. The first kappa shape index (κ1) is 15.3. The SMILES string of the molecule is CC(C)(C)OC(=O)N1CCc2cc(C3CCNCC3)ccc21. The molecular weight excluding hydrogens is 276 g/mol. The van der Waals surface area contributed by atoms with E-state index < -0.39 is 5.60 Å². The van der Waals surface area contributed by atoms with Gasteiger partial charge in [-0.2, -0.15) is 0 Å². The predicted octanol–water partition coefficient (Wildman–Crippen LogP) is 3.45. The van der Waals surface area contributed by atoms with Crippen LogP contribution in [0, 0.1) is 0 Å². The molecule has 2 heterocycles. The maximum atomic E-state index is 12.3. The van der Waals surface area contributed by atoms with Gasteiger partial charge >= 0.3 is 6.09 Å². The molecule has 0 atom stereocenters. The quantitative estimate of drug-likeness (QED) is 0.864. The largest absolute Gasteiger partial charge is 0.443 e. The van der Waals surface area contributed by atoms with E-state index in [1.807, 2.05) is 20.8 Å². The van der Waals surface area contributed by atoms with E-state index in [4.69, 9.17) is 4.74 Å². The number of amides is 1. The fraction of sp³-hybridized carbons (Fsp3) is 0.611. The fourth-order valence-electron chi connectivity index (χ4n) is 3.34. The maximum Gasteiger partial charge on any atom is 0.414 e. The minimum absolute atomic E-state index is 0.235. The molecule has 0 unspecified atom stereocenters. The summed E-state index contributed by atoms with van der Waals surface area (Å²) in [4.78, 5) is 14.1. The van der Waals surface area contributed by atoms with Crippen molar-refractivity contribution in [2.45, 2.75) is 51.6 Å².